The third kappa shape index (κ3) is 3.19. The Kier molecular flexibility index (Phi) is 3.79. The van der Waals surface area contributed by atoms with E-state index < -0.39 is 18.3 Å². The number of hydrogen-bond acceptors (Lipinski definition) is 4. The first-order valence-corrected chi connectivity index (χ1v) is 7.29. The van der Waals surface area contributed by atoms with Crippen LogP contribution in [-0.4, -0.2) is 29.0 Å². The second kappa shape index (κ2) is 4.92. The molecule has 1 heterocycles. The predicted octanol–water partition coefficient (Wildman–Crippen LogP) is 2.87. The molecule has 0 bridgehead atoms. The Morgan fingerprint density at radius 2 is 1.57 bits per heavy atom. The van der Waals surface area contributed by atoms with E-state index in [1.165, 1.54) is 0 Å². The highest BCUT2D eigenvalue weighted by molar-refractivity contribution is 6.63. The van der Waals surface area contributed by atoms with Crippen molar-refractivity contribution in [2.75, 3.05) is 0 Å². The summed E-state index contributed by atoms with van der Waals surface area (Å²) in [6, 6.07) is 5.38. The Hall–Kier alpha value is -1.20. The molecule has 116 valence electrons. The van der Waals surface area contributed by atoms with E-state index in [1.807, 2.05) is 54.5 Å². The minimum atomic E-state index is -0.599. The first kappa shape index (κ1) is 16.2. The highest BCUT2D eigenvalue weighted by Gasteiger charge is 2.52. The molecule has 0 spiro atoms. The highest BCUT2D eigenvalue weighted by atomic mass is 16.7. The van der Waals surface area contributed by atoms with Crippen LogP contribution in [0.5, 0.6) is 11.5 Å². The molecule has 0 aromatic heterocycles. The van der Waals surface area contributed by atoms with E-state index in [4.69, 9.17) is 14.0 Å². The average molecular weight is 292 g/mol. The second-order valence-electron chi connectivity index (χ2n) is 7.50. The topological polar surface area (TPSA) is 47.9 Å². The summed E-state index contributed by atoms with van der Waals surface area (Å²) in [5.74, 6) is 0.514. The largest absolute Gasteiger partial charge is 0.505 e. The fourth-order valence-electron chi connectivity index (χ4n) is 2.11. The van der Waals surface area contributed by atoms with Gasteiger partial charge in [-0.05, 0) is 54.5 Å². The quantitative estimate of drug-likeness (QED) is 0.851. The number of hydrogen-bond donors (Lipinski definition) is 1. The van der Waals surface area contributed by atoms with Crippen LogP contribution in [0.4, 0.5) is 0 Å². The van der Waals surface area contributed by atoms with Gasteiger partial charge in [-0.15, -0.1) is 0 Å². The third-order valence-corrected chi connectivity index (χ3v) is 3.95. The minimum absolute atomic E-state index is 0.0749. The maximum absolute atomic E-state index is 10.5. The molecule has 0 aliphatic carbocycles. The van der Waals surface area contributed by atoms with Crippen molar-refractivity contribution in [2.24, 2.45) is 0 Å². The van der Waals surface area contributed by atoms with E-state index >= 15 is 0 Å². The number of rotatable bonds is 2. The molecule has 0 radical (unpaired) electrons. The first-order chi connectivity index (χ1) is 9.43. The van der Waals surface area contributed by atoms with Gasteiger partial charge in [0.25, 0.3) is 0 Å². The van der Waals surface area contributed by atoms with Gasteiger partial charge in [0.1, 0.15) is 5.60 Å². The Morgan fingerprint density at radius 3 is 2.05 bits per heavy atom. The van der Waals surface area contributed by atoms with Crippen LogP contribution in [0, 0.1) is 0 Å². The molecule has 1 aliphatic heterocycles. The molecule has 0 atom stereocenters. The van der Waals surface area contributed by atoms with Gasteiger partial charge in [0.2, 0.25) is 0 Å². The predicted molar refractivity (Wildman–Crippen MR) is 84.2 cm³/mol. The van der Waals surface area contributed by atoms with Crippen molar-refractivity contribution in [3.05, 3.63) is 18.2 Å². The lowest BCUT2D eigenvalue weighted by Gasteiger charge is -2.32. The lowest BCUT2D eigenvalue weighted by molar-refractivity contribution is 0.00578. The molecule has 1 aromatic carbocycles. The van der Waals surface area contributed by atoms with E-state index in [-0.39, 0.29) is 11.4 Å². The molecule has 1 fully saturated rings. The van der Waals surface area contributed by atoms with Crippen LogP contribution in [0.15, 0.2) is 18.2 Å². The van der Waals surface area contributed by atoms with Gasteiger partial charge in [-0.3, -0.25) is 0 Å². The van der Waals surface area contributed by atoms with Crippen molar-refractivity contribution in [3.8, 4) is 11.5 Å². The zero-order chi connectivity index (χ0) is 16.1. The summed E-state index contributed by atoms with van der Waals surface area (Å²) in [5.41, 5.74) is -0.669. The molecule has 0 saturated carbocycles. The lowest BCUT2D eigenvalue weighted by atomic mass is 9.78. The van der Waals surface area contributed by atoms with Crippen LogP contribution in [-0.2, 0) is 9.31 Å². The molecule has 1 aliphatic rings. The summed E-state index contributed by atoms with van der Waals surface area (Å²) in [7, 11) is -0.599. The van der Waals surface area contributed by atoms with Gasteiger partial charge in [0, 0.05) is 5.46 Å². The molecule has 1 N–H and O–H groups in total. The molecule has 21 heavy (non-hydrogen) atoms. The smallest absolute Gasteiger partial charge is 0.498 e. The third-order valence-electron chi connectivity index (χ3n) is 3.95. The number of ether oxygens (including phenoxy) is 1. The average Bonchev–Trinajstić information content (AvgIpc) is 2.49. The summed E-state index contributed by atoms with van der Waals surface area (Å²) >= 11 is 0. The van der Waals surface area contributed by atoms with Gasteiger partial charge in [-0.2, -0.15) is 0 Å². The molecular weight excluding hydrogens is 267 g/mol. The Balaban J connectivity index is 2.33. The van der Waals surface area contributed by atoms with E-state index in [0.717, 1.165) is 0 Å². The Labute approximate surface area is 127 Å². The summed E-state index contributed by atoms with van der Waals surface area (Å²) in [6.07, 6.45) is 0. The van der Waals surface area contributed by atoms with Crippen LogP contribution >= 0.6 is 0 Å². The SMILES string of the molecule is CC(C)(C)Oc1cccc(B2OC(C)(C)C(C)(C)O2)c1O. The minimum Gasteiger partial charge on any atom is -0.505 e. The number of phenolic OH excluding ortho intramolecular Hbond substituents is 1. The Morgan fingerprint density at radius 1 is 1.05 bits per heavy atom. The van der Waals surface area contributed by atoms with Gasteiger partial charge in [0.15, 0.2) is 11.5 Å². The Bertz CT molecular complexity index is 516. The van der Waals surface area contributed by atoms with Crippen molar-refractivity contribution in [3.63, 3.8) is 0 Å². The van der Waals surface area contributed by atoms with Crippen molar-refractivity contribution < 1.29 is 19.2 Å². The molecule has 5 heteroatoms. The van der Waals surface area contributed by atoms with E-state index in [9.17, 15) is 5.11 Å². The van der Waals surface area contributed by atoms with E-state index in [0.29, 0.717) is 11.2 Å². The molecular formula is C16H25BO4. The summed E-state index contributed by atoms with van der Waals surface area (Å²) in [5, 5.41) is 10.5. The van der Waals surface area contributed by atoms with Crippen molar-refractivity contribution in [1.29, 1.82) is 0 Å². The number of benzene rings is 1. The van der Waals surface area contributed by atoms with Gasteiger partial charge < -0.3 is 19.2 Å². The number of para-hydroxylation sites is 1. The molecule has 4 nitrogen and oxygen atoms in total. The summed E-state index contributed by atoms with van der Waals surface area (Å²) in [4.78, 5) is 0. The van der Waals surface area contributed by atoms with Crippen molar-refractivity contribution in [1.82, 2.24) is 0 Å². The first-order valence-electron chi connectivity index (χ1n) is 7.29. The van der Waals surface area contributed by atoms with Gasteiger partial charge in [-0.1, -0.05) is 12.1 Å². The second-order valence-corrected chi connectivity index (χ2v) is 7.50. The van der Waals surface area contributed by atoms with E-state index in [1.54, 1.807) is 12.1 Å². The normalized spacial score (nSPS) is 20.6. The summed E-state index contributed by atoms with van der Waals surface area (Å²) in [6.45, 7) is 13.8. The molecule has 0 amide bonds. The van der Waals surface area contributed by atoms with Crippen LogP contribution in [0.3, 0.4) is 0 Å². The van der Waals surface area contributed by atoms with Crippen molar-refractivity contribution >= 4 is 12.6 Å². The zero-order valence-electron chi connectivity index (χ0n) is 14.0. The number of phenols is 1. The maximum Gasteiger partial charge on any atom is 0.498 e. The standard InChI is InChI=1S/C16H25BO4/c1-14(2,3)19-12-10-8-9-11(13(12)18)17-20-15(4,5)16(6,7)21-17/h8-10,18H,1-7H3. The fraction of sp³-hybridized carbons (Fsp3) is 0.625. The van der Waals surface area contributed by atoms with Crippen molar-refractivity contribution in [2.45, 2.75) is 65.3 Å². The fourth-order valence-corrected chi connectivity index (χ4v) is 2.11. The summed E-state index contributed by atoms with van der Waals surface area (Å²) < 4.78 is 17.7. The van der Waals surface area contributed by atoms with Gasteiger partial charge in [0.05, 0.1) is 11.2 Å². The maximum atomic E-state index is 10.5. The molecule has 1 saturated heterocycles. The molecule has 0 unspecified atom stereocenters. The number of aromatic hydroxyl groups is 1. The lowest BCUT2D eigenvalue weighted by Crippen LogP contribution is -2.41. The van der Waals surface area contributed by atoms with Gasteiger partial charge in [-0.25, -0.2) is 0 Å². The van der Waals surface area contributed by atoms with Crippen LogP contribution in [0.1, 0.15) is 48.5 Å². The highest BCUT2D eigenvalue weighted by Crippen LogP contribution is 2.38. The molecule has 2 rings (SSSR count). The van der Waals surface area contributed by atoms with Crippen LogP contribution in [0.2, 0.25) is 0 Å². The van der Waals surface area contributed by atoms with E-state index in [2.05, 4.69) is 0 Å². The zero-order valence-corrected chi connectivity index (χ0v) is 14.0. The van der Waals surface area contributed by atoms with Gasteiger partial charge >= 0.3 is 7.12 Å². The van der Waals surface area contributed by atoms with Crippen LogP contribution < -0.4 is 10.2 Å². The van der Waals surface area contributed by atoms with Crippen LogP contribution in [0.25, 0.3) is 0 Å². The monoisotopic (exact) mass is 292 g/mol. The molecule has 1 aromatic rings.